The number of hydrogen-bond donors (Lipinski definition) is 2. The molecule has 1 saturated carbocycles. The highest BCUT2D eigenvalue weighted by atomic mass is 16.6. The molecule has 23 heavy (non-hydrogen) atoms. The second kappa shape index (κ2) is 6.30. The number of carbonyl (C=O) groups excluding carboxylic acids is 1. The van der Waals surface area contributed by atoms with Crippen molar-refractivity contribution in [3.63, 3.8) is 0 Å². The molecule has 0 bridgehead atoms. The van der Waals surface area contributed by atoms with Crippen LogP contribution in [0.4, 0.5) is 4.79 Å². The normalized spacial score (nSPS) is 28.3. The molecule has 0 radical (unpaired) electrons. The van der Waals surface area contributed by atoms with Crippen LogP contribution < -0.4 is 0 Å². The molecular weight excluding hydrogens is 298 g/mol. The molecular formula is C17H29NO5. The van der Waals surface area contributed by atoms with Crippen LogP contribution >= 0.6 is 0 Å². The molecule has 132 valence electrons. The van der Waals surface area contributed by atoms with Gasteiger partial charge in [-0.25, -0.2) is 4.79 Å². The van der Waals surface area contributed by atoms with Crippen LogP contribution in [0.25, 0.3) is 0 Å². The second-order valence-electron chi connectivity index (χ2n) is 7.98. The summed E-state index contributed by atoms with van der Waals surface area (Å²) in [7, 11) is 0. The number of aliphatic carboxylic acids is 1. The summed E-state index contributed by atoms with van der Waals surface area (Å²) in [5, 5.41) is 21.0. The Morgan fingerprint density at radius 1 is 1.04 bits per heavy atom. The van der Waals surface area contributed by atoms with Gasteiger partial charge >= 0.3 is 12.1 Å². The van der Waals surface area contributed by atoms with E-state index < -0.39 is 28.7 Å². The minimum Gasteiger partial charge on any atom is -0.481 e. The van der Waals surface area contributed by atoms with Gasteiger partial charge in [0.05, 0.1) is 5.60 Å². The summed E-state index contributed by atoms with van der Waals surface area (Å²) in [4.78, 5) is 25.9. The fraction of sp³-hybridized carbons (Fsp3) is 0.882. The van der Waals surface area contributed by atoms with Gasteiger partial charge in [0.2, 0.25) is 0 Å². The SMILES string of the molecule is CC(C)(C)OC(=O)N1CCCC(C(=O)O)(C2(O)CCCCC2)C1. The largest absolute Gasteiger partial charge is 0.481 e. The topological polar surface area (TPSA) is 87.1 Å². The zero-order valence-corrected chi connectivity index (χ0v) is 14.4. The van der Waals surface area contributed by atoms with Gasteiger partial charge in [0, 0.05) is 13.1 Å². The predicted molar refractivity (Wildman–Crippen MR) is 85.1 cm³/mol. The van der Waals surface area contributed by atoms with E-state index in [1.54, 1.807) is 20.8 Å². The summed E-state index contributed by atoms with van der Waals surface area (Å²) < 4.78 is 5.38. The average Bonchev–Trinajstić information content (AvgIpc) is 2.46. The van der Waals surface area contributed by atoms with E-state index in [9.17, 15) is 19.8 Å². The molecule has 0 aromatic heterocycles. The molecule has 0 aromatic rings. The van der Waals surface area contributed by atoms with E-state index in [0.29, 0.717) is 32.2 Å². The fourth-order valence-corrected chi connectivity index (χ4v) is 3.91. The molecule has 2 aliphatic rings. The average molecular weight is 327 g/mol. The molecule has 1 saturated heterocycles. The van der Waals surface area contributed by atoms with Crippen LogP contribution in [0.5, 0.6) is 0 Å². The minimum atomic E-state index is -1.29. The van der Waals surface area contributed by atoms with Crippen molar-refractivity contribution in [2.24, 2.45) is 5.41 Å². The Kier molecular flexibility index (Phi) is 4.95. The van der Waals surface area contributed by atoms with Gasteiger partial charge in [-0.2, -0.15) is 0 Å². The van der Waals surface area contributed by atoms with Crippen molar-refractivity contribution in [3.05, 3.63) is 0 Å². The van der Waals surface area contributed by atoms with E-state index in [0.717, 1.165) is 19.3 Å². The number of likely N-dealkylation sites (tertiary alicyclic amines) is 1. The number of hydrogen-bond acceptors (Lipinski definition) is 4. The molecule has 0 spiro atoms. The minimum absolute atomic E-state index is 0.0216. The monoisotopic (exact) mass is 327 g/mol. The molecule has 1 unspecified atom stereocenters. The van der Waals surface area contributed by atoms with E-state index in [2.05, 4.69) is 0 Å². The van der Waals surface area contributed by atoms with E-state index >= 15 is 0 Å². The summed E-state index contributed by atoms with van der Waals surface area (Å²) in [5.41, 5.74) is -3.15. The van der Waals surface area contributed by atoms with E-state index in [-0.39, 0.29) is 6.54 Å². The first-order chi connectivity index (χ1) is 10.6. The second-order valence-corrected chi connectivity index (χ2v) is 7.98. The maximum atomic E-state index is 12.3. The fourth-order valence-electron chi connectivity index (χ4n) is 3.91. The Morgan fingerprint density at radius 2 is 1.65 bits per heavy atom. The van der Waals surface area contributed by atoms with Crippen LogP contribution in [0, 0.1) is 5.41 Å². The number of carbonyl (C=O) groups is 2. The maximum Gasteiger partial charge on any atom is 0.410 e. The van der Waals surface area contributed by atoms with Crippen molar-refractivity contribution in [3.8, 4) is 0 Å². The van der Waals surface area contributed by atoms with Crippen LogP contribution in [-0.2, 0) is 9.53 Å². The molecule has 1 aliphatic heterocycles. The first kappa shape index (κ1) is 18.0. The van der Waals surface area contributed by atoms with Crippen LogP contribution in [0.2, 0.25) is 0 Å². The first-order valence-corrected chi connectivity index (χ1v) is 8.53. The highest BCUT2D eigenvalue weighted by molar-refractivity contribution is 5.78. The molecule has 2 fully saturated rings. The number of rotatable bonds is 2. The molecule has 1 atom stereocenters. The zero-order valence-electron chi connectivity index (χ0n) is 14.4. The summed E-state index contributed by atoms with van der Waals surface area (Å²) in [5.74, 6) is -1.00. The van der Waals surface area contributed by atoms with Crippen LogP contribution in [-0.4, -0.2) is 51.5 Å². The van der Waals surface area contributed by atoms with Crippen molar-refractivity contribution >= 4 is 12.1 Å². The third-order valence-corrected chi connectivity index (χ3v) is 5.12. The summed E-state index contributed by atoms with van der Waals surface area (Å²) >= 11 is 0. The van der Waals surface area contributed by atoms with Gasteiger partial charge in [-0.05, 0) is 46.5 Å². The third kappa shape index (κ3) is 3.62. The van der Waals surface area contributed by atoms with Crippen LogP contribution in [0.15, 0.2) is 0 Å². The number of piperidine rings is 1. The Bertz CT molecular complexity index is 464. The standard InChI is InChI=1S/C17H29NO5/c1-15(2,3)23-14(21)18-11-7-8-16(12-18,13(19)20)17(22)9-5-4-6-10-17/h22H,4-12H2,1-3H3,(H,19,20). The van der Waals surface area contributed by atoms with E-state index in [1.807, 2.05) is 0 Å². The van der Waals surface area contributed by atoms with E-state index in [1.165, 1.54) is 4.90 Å². The van der Waals surface area contributed by atoms with Gasteiger partial charge < -0.3 is 19.8 Å². The van der Waals surface area contributed by atoms with Crippen LogP contribution in [0.3, 0.4) is 0 Å². The van der Waals surface area contributed by atoms with Crippen molar-refractivity contribution in [2.75, 3.05) is 13.1 Å². The third-order valence-electron chi connectivity index (χ3n) is 5.12. The molecule has 2 rings (SSSR count). The molecule has 1 heterocycles. The Balaban J connectivity index is 2.23. The number of nitrogens with zero attached hydrogens (tertiary/aromatic N) is 1. The molecule has 1 amide bonds. The Morgan fingerprint density at radius 3 is 2.17 bits per heavy atom. The maximum absolute atomic E-state index is 12.3. The molecule has 6 heteroatoms. The Labute approximate surface area is 137 Å². The molecule has 1 aliphatic carbocycles. The summed E-state index contributed by atoms with van der Waals surface area (Å²) in [6, 6.07) is 0. The zero-order chi connectivity index (χ0) is 17.3. The molecule has 2 N–H and O–H groups in total. The van der Waals surface area contributed by atoms with Gasteiger partial charge in [-0.3, -0.25) is 4.79 Å². The lowest BCUT2D eigenvalue weighted by atomic mass is 9.61. The highest BCUT2D eigenvalue weighted by Gasteiger charge is 2.58. The van der Waals surface area contributed by atoms with Gasteiger partial charge in [0.1, 0.15) is 11.0 Å². The summed E-state index contributed by atoms with van der Waals surface area (Å²) in [6.45, 7) is 5.85. The van der Waals surface area contributed by atoms with Crippen molar-refractivity contribution in [1.82, 2.24) is 4.90 Å². The van der Waals surface area contributed by atoms with Crippen molar-refractivity contribution in [2.45, 2.75) is 76.9 Å². The smallest absolute Gasteiger partial charge is 0.410 e. The summed E-state index contributed by atoms with van der Waals surface area (Å²) in [6.07, 6.45) is 4.13. The van der Waals surface area contributed by atoms with Gasteiger partial charge in [-0.1, -0.05) is 19.3 Å². The van der Waals surface area contributed by atoms with Crippen molar-refractivity contribution < 1.29 is 24.5 Å². The van der Waals surface area contributed by atoms with Crippen LogP contribution in [0.1, 0.15) is 65.7 Å². The number of carboxylic acid groups (broad SMARTS) is 1. The number of ether oxygens (including phenoxy) is 1. The lowest BCUT2D eigenvalue weighted by molar-refractivity contribution is -0.184. The number of amides is 1. The number of carboxylic acids is 1. The van der Waals surface area contributed by atoms with E-state index in [4.69, 9.17) is 4.74 Å². The lowest BCUT2D eigenvalue weighted by Gasteiger charge is -2.50. The molecule has 6 nitrogen and oxygen atoms in total. The Hall–Kier alpha value is -1.30. The first-order valence-electron chi connectivity index (χ1n) is 8.53. The van der Waals surface area contributed by atoms with Crippen molar-refractivity contribution in [1.29, 1.82) is 0 Å². The van der Waals surface area contributed by atoms with Gasteiger partial charge in [-0.15, -0.1) is 0 Å². The predicted octanol–water partition coefficient (Wildman–Crippen LogP) is 2.78. The quantitative estimate of drug-likeness (QED) is 0.814. The number of aliphatic hydroxyl groups is 1. The lowest BCUT2D eigenvalue weighted by Crippen LogP contribution is -2.62. The molecule has 0 aromatic carbocycles. The van der Waals surface area contributed by atoms with Gasteiger partial charge in [0.15, 0.2) is 0 Å². The highest BCUT2D eigenvalue weighted by Crippen LogP contribution is 2.48. The van der Waals surface area contributed by atoms with Gasteiger partial charge in [0.25, 0.3) is 0 Å².